The van der Waals surface area contributed by atoms with E-state index in [1.807, 2.05) is 0 Å². The number of ether oxygens (including phenoxy) is 1. The molecule has 5 heteroatoms. The van der Waals surface area contributed by atoms with Crippen LogP contribution in [-0.4, -0.2) is 17.1 Å². The summed E-state index contributed by atoms with van der Waals surface area (Å²) in [5, 5.41) is 11.9. The highest BCUT2D eigenvalue weighted by atomic mass is 19.1. The molecule has 0 saturated heterocycles. The lowest BCUT2D eigenvalue weighted by Gasteiger charge is -2.19. The average Bonchev–Trinajstić information content (AvgIpc) is 2.57. The third kappa shape index (κ3) is 4.55. The second kappa shape index (κ2) is 7.93. The SMILES string of the molecule is Cc1ccc(C(C)NC(=O)C(C)Oc2cccc(CO)c2)cc1F. The number of rotatable bonds is 6. The zero-order valence-corrected chi connectivity index (χ0v) is 14.0. The summed E-state index contributed by atoms with van der Waals surface area (Å²) < 4.78 is 19.2. The van der Waals surface area contributed by atoms with Crippen LogP contribution in [-0.2, 0) is 11.4 Å². The fraction of sp³-hybridized carbons (Fsp3) is 0.316. The van der Waals surface area contributed by atoms with Gasteiger partial charge in [0.15, 0.2) is 6.10 Å². The summed E-state index contributed by atoms with van der Waals surface area (Å²) in [5.74, 6) is -0.0742. The molecule has 0 aliphatic carbocycles. The van der Waals surface area contributed by atoms with Gasteiger partial charge in [-0.1, -0.05) is 24.3 Å². The number of aryl methyl sites for hydroxylation is 1. The third-order valence-electron chi connectivity index (χ3n) is 3.82. The lowest BCUT2D eigenvalue weighted by molar-refractivity contribution is -0.127. The van der Waals surface area contributed by atoms with E-state index in [9.17, 15) is 9.18 Å². The first kappa shape index (κ1) is 17.9. The predicted molar refractivity (Wildman–Crippen MR) is 90.1 cm³/mol. The molecule has 0 spiro atoms. The summed E-state index contributed by atoms with van der Waals surface area (Å²) in [6.45, 7) is 5.04. The monoisotopic (exact) mass is 331 g/mol. The predicted octanol–water partition coefficient (Wildman–Crippen LogP) is 3.27. The Labute approximate surface area is 141 Å². The van der Waals surface area contributed by atoms with Crippen molar-refractivity contribution in [3.8, 4) is 5.75 Å². The van der Waals surface area contributed by atoms with Crippen LogP contribution in [0.15, 0.2) is 42.5 Å². The number of aliphatic hydroxyl groups excluding tert-OH is 1. The molecule has 128 valence electrons. The molecule has 2 atom stereocenters. The molecule has 0 heterocycles. The first-order valence-corrected chi connectivity index (χ1v) is 7.83. The van der Waals surface area contributed by atoms with Gasteiger partial charge in [0.2, 0.25) is 0 Å². The van der Waals surface area contributed by atoms with Gasteiger partial charge < -0.3 is 15.2 Å². The molecular weight excluding hydrogens is 309 g/mol. The van der Waals surface area contributed by atoms with Crippen molar-refractivity contribution in [2.24, 2.45) is 0 Å². The minimum Gasteiger partial charge on any atom is -0.481 e. The number of carbonyl (C=O) groups is 1. The van der Waals surface area contributed by atoms with Crippen LogP contribution in [0.1, 0.15) is 36.6 Å². The van der Waals surface area contributed by atoms with Crippen molar-refractivity contribution in [1.82, 2.24) is 5.32 Å². The van der Waals surface area contributed by atoms with Gasteiger partial charge in [0.25, 0.3) is 5.91 Å². The van der Waals surface area contributed by atoms with E-state index in [1.54, 1.807) is 57.2 Å². The number of nitrogens with one attached hydrogen (secondary N) is 1. The highest BCUT2D eigenvalue weighted by molar-refractivity contribution is 5.81. The third-order valence-corrected chi connectivity index (χ3v) is 3.82. The maximum Gasteiger partial charge on any atom is 0.261 e. The number of benzene rings is 2. The fourth-order valence-electron chi connectivity index (χ4n) is 2.27. The molecule has 24 heavy (non-hydrogen) atoms. The van der Waals surface area contributed by atoms with Crippen LogP contribution in [0.4, 0.5) is 4.39 Å². The Morgan fingerprint density at radius 1 is 1.25 bits per heavy atom. The van der Waals surface area contributed by atoms with Crippen LogP contribution in [0.5, 0.6) is 5.75 Å². The molecule has 0 bridgehead atoms. The Balaban J connectivity index is 1.98. The smallest absolute Gasteiger partial charge is 0.261 e. The summed E-state index contributed by atoms with van der Waals surface area (Å²) in [4.78, 5) is 12.3. The van der Waals surface area contributed by atoms with E-state index < -0.39 is 6.10 Å². The van der Waals surface area contributed by atoms with E-state index in [4.69, 9.17) is 9.84 Å². The number of aliphatic hydroxyl groups is 1. The molecule has 4 nitrogen and oxygen atoms in total. The number of halogens is 1. The van der Waals surface area contributed by atoms with Gasteiger partial charge in [-0.05, 0) is 55.7 Å². The van der Waals surface area contributed by atoms with Gasteiger partial charge in [-0.3, -0.25) is 4.79 Å². The molecular formula is C19H22FNO3. The minimum absolute atomic E-state index is 0.0895. The van der Waals surface area contributed by atoms with E-state index in [0.29, 0.717) is 22.4 Å². The van der Waals surface area contributed by atoms with Gasteiger partial charge in [0.1, 0.15) is 11.6 Å². The Bertz CT molecular complexity index is 718. The Morgan fingerprint density at radius 3 is 2.67 bits per heavy atom. The number of hydrogen-bond acceptors (Lipinski definition) is 3. The van der Waals surface area contributed by atoms with E-state index in [2.05, 4.69) is 5.32 Å². The Morgan fingerprint density at radius 2 is 2.00 bits per heavy atom. The lowest BCUT2D eigenvalue weighted by atomic mass is 10.1. The van der Waals surface area contributed by atoms with Crippen LogP contribution in [0.25, 0.3) is 0 Å². The van der Waals surface area contributed by atoms with Crippen molar-refractivity contribution in [2.45, 2.75) is 39.5 Å². The van der Waals surface area contributed by atoms with E-state index in [-0.39, 0.29) is 24.4 Å². The summed E-state index contributed by atoms with van der Waals surface area (Å²) in [5.41, 5.74) is 1.97. The van der Waals surface area contributed by atoms with Crippen molar-refractivity contribution in [3.05, 3.63) is 65.0 Å². The summed E-state index contributed by atoms with van der Waals surface area (Å²) >= 11 is 0. The molecule has 2 unspecified atom stereocenters. The van der Waals surface area contributed by atoms with Gasteiger partial charge in [-0.15, -0.1) is 0 Å². The maximum atomic E-state index is 13.6. The van der Waals surface area contributed by atoms with E-state index in [1.165, 1.54) is 6.07 Å². The quantitative estimate of drug-likeness (QED) is 0.854. The highest BCUT2D eigenvalue weighted by Crippen LogP contribution is 2.18. The molecule has 0 aliphatic rings. The molecule has 0 aromatic heterocycles. The van der Waals surface area contributed by atoms with E-state index >= 15 is 0 Å². The standard InChI is InChI=1S/C19H22FNO3/c1-12-7-8-16(10-18(12)20)13(2)21-19(23)14(3)24-17-6-4-5-15(9-17)11-22/h4-10,13-14,22H,11H2,1-3H3,(H,21,23). The number of carbonyl (C=O) groups excluding carboxylic acids is 1. The van der Waals surface area contributed by atoms with Crippen molar-refractivity contribution < 1.29 is 19.0 Å². The van der Waals surface area contributed by atoms with Gasteiger partial charge >= 0.3 is 0 Å². The molecule has 2 N–H and O–H groups in total. The van der Waals surface area contributed by atoms with Gasteiger partial charge in [-0.25, -0.2) is 4.39 Å². The molecule has 0 aliphatic heterocycles. The van der Waals surface area contributed by atoms with Crippen molar-refractivity contribution in [2.75, 3.05) is 0 Å². The van der Waals surface area contributed by atoms with Crippen LogP contribution in [0.3, 0.4) is 0 Å². The molecule has 1 amide bonds. The second-order valence-electron chi connectivity index (χ2n) is 5.80. The van der Waals surface area contributed by atoms with Gasteiger partial charge in [0.05, 0.1) is 12.6 Å². The van der Waals surface area contributed by atoms with Crippen LogP contribution in [0.2, 0.25) is 0 Å². The van der Waals surface area contributed by atoms with Crippen molar-refractivity contribution in [3.63, 3.8) is 0 Å². The topological polar surface area (TPSA) is 58.6 Å². The number of amides is 1. The molecule has 0 saturated carbocycles. The molecule has 2 aromatic rings. The van der Waals surface area contributed by atoms with Crippen LogP contribution >= 0.6 is 0 Å². The highest BCUT2D eigenvalue weighted by Gasteiger charge is 2.18. The zero-order chi connectivity index (χ0) is 17.7. The normalized spacial score (nSPS) is 13.2. The maximum absolute atomic E-state index is 13.6. The van der Waals surface area contributed by atoms with Crippen molar-refractivity contribution >= 4 is 5.91 Å². The number of hydrogen-bond donors (Lipinski definition) is 2. The zero-order valence-electron chi connectivity index (χ0n) is 14.0. The van der Waals surface area contributed by atoms with Crippen LogP contribution < -0.4 is 10.1 Å². The van der Waals surface area contributed by atoms with E-state index in [0.717, 1.165) is 0 Å². The van der Waals surface area contributed by atoms with Gasteiger partial charge in [-0.2, -0.15) is 0 Å². The largest absolute Gasteiger partial charge is 0.481 e. The lowest BCUT2D eigenvalue weighted by Crippen LogP contribution is -2.37. The van der Waals surface area contributed by atoms with Crippen molar-refractivity contribution in [1.29, 1.82) is 0 Å². The second-order valence-corrected chi connectivity index (χ2v) is 5.80. The molecule has 2 aromatic carbocycles. The first-order valence-electron chi connectivity index (χ1n) is 7.83. The van der Waals surface area contributed by atoms with Gasteiger partial charge in [0, 0.05) is 0 Å². The summed E-state index contributed by atoms with van der Waals surface area (Å²) in [7, 11) is 0. The summed E-state index contributed by atoms with van der Waals surface area (Å²) in [6, 6.07) is 11.5. The van der Waals surface area contributed by atoms with Crippen LogP contribution in [0, 0.1) is 12.7 Å². The molecule has 0 radical (unpaired) electrons. The first-order chi connectivity index (χ1) is 11.4. The summed E-state index contributed by atoms with van der Waals surface area (Å²) in [6.07, 6.45) is -0.711. The fourth-order valence-corrected chi connectivity index (χ4v) is 2.27. The minimum atomic E-state index is -0.711. The average molecular weight is 331 g/mol. The molecule has 2 rings (SSSR count). The Hall–Kier alpha value is -2.40. The Kier molecular flexibility index (Phi) is 5.93. The molecule has 0 fully saturated rings.